The second kappa shape index (κ2) is 6.68. The molecular formula is C19H19N3O3. The highest BCUT2D eigenvalue weighted by Gasteiger charge is 2.18. The van der Waals surface area contributed by atoms with Gasteiger partial charge < -0.3 is 20.8 Å². The average Bonchev–Trinajstić information content (AvgIpc) is 2.92. The summed E-state index contributed by atoms with van der Waals surface area (Å²) < 4.78 is 5.86. The van der Waals surface area contributed by atoms with Gasteiger partial charge in [0.15, 0.2) is 0 Å². The Bertz CT molecular complexity index is 929. The number of carbonyl (C=O) groups excluding carboxylic acids is 2. The van der Waals surface area contributed by atoms with Crippen LogP contribution in [-0.2, 0) is 0 Å². The van der Waals surface area contributed by atoms with Crippen molar-refractivity contribution in [1.29, 1.82) is 0 Å². The Labute approximate surface area is 145 Å². The van der Waals surface area contributed by atoms with Gasteiger partial charge in [-0.25, -0.2) is 4.79 Å². The number of nitrogens with two attached hydrogens (primary N) is 1. The predicted molar refractivity (Wildman–Crippen MR) is 96.5 cm³/mol. The maximum atomic E-state index is 12.2. The molecule has 0 aliphatic carbocycles. The molecule has 3 amide bonds. The van der Waals surface area contributed by atoms with Crippen LogP contribution in [0.15, 0.2) is 52.9 Å². The minimum absolute atomic E-state index is 0.294. The van der Waals surface area contributed by atoms with Crippen molar-refractivity contribution in [1.82, 2.24) is 5.32 Å². The van der Waals surface area contributed by atoms with Gasteiger partial charge in [0.05, 0.1) is 6.04 Å². The zero-order valence-electron chi connectivity index (χ0n) is 14.0. The molecule has 0 saturated carbocycles. The first-order valence-corrected chi connectivity index (χ1v) is 7.91. The van der Waals surface area contributed by atoms with E-state index in [9.17, 15) is 9.59 Å². The summed E-state index contributed by atoms with van der Waals surface area (Å²) in [4.78, 5) is 23.2. The Kier molecular flexibility index (Phi) is 4.43. The smallest absolute Gasteiger partial charge is 0.319 e. The molecule has 6 nitrogen and oxygen atoms in total. The molecule has 1 atom stereocenters. The first-order chi connectivity index (χ1) is 12.0. The SMILES string of the molecule is Cc1c([C@@H](C)NC(=O)Nc2ccc(C(N)=O)cc2)oc2ccccc12. The summed E-state index contributed by atoms with van der Waals surface area (Å²) in [6.07, 6.45) is 0. The molecule has 0 unspecified atom stereocenters. The maximum Gasteiger partial charge on any atom is 0.319 e. The molecule has 0 radical (unpaired) electrons. The maximum absolute atomic E-state index is 12.2. The number of rotatable bonds is 4. The van der Waals surface area contributed by atoms with Gasteiger partial charge in [0.2, 0.25) is 5.91 Å². The fourth-order valence-corrected chi connectivity index (χ4v) is 2.75. The van der Waals surface area contributed by atoms with Crippen LogP contribution >= 0.6 is 0 Å². The van der Waals surface area contributed by atoms with Gasteiger partial charge in [-0.2, -0.15) is 0 Å². The number of anilines is 1. The third kappa shape index (κ3) is 3.47. The third-order valence-corrected chi connectivity index (χ3v) is 4.05. The van der Waals surface area contributed by atoms with Gasteiger partial charge in [-0.3, -0.25) is 4.79 Å². The summed E-state index contributed by atoms with van der Waals surface area (Å²) in [5, 5.41) is 6.60. The summed E-state index contributed by atoms with van der Waals surface area (Å²) in [6.45, 7) is 3.83. The quantitative estimate of drug-likeness (QED) is 0.676. The molecule has 0 spiro atoms. The molecule has 128 valence electrons. The van der Waals surface area contributed by atoms with Crippen molar-refractivity contribution in [2.75, 3.05) is 5.32 Å². The number of para-hydroxylation sites is 1. The Morgan fingerprint density at radius 3 is 2.40 bits per heavy atom. The van der Waals surface area contributed by atoms with Gasteiger partial charge in [0.25, 0.3) is 0 Å². The molecule has 0 aliphatic rings. The zero-order chi connectivity index (χ0) is 18.0. The normalized spacial score (nSPS) is 11.9. The number of nitrogens with one attached hydrogen (secondary N) is 2. The predicted octanol–water partition coefficient (Wildman–Crippen LogP) is 3.72. The van der Waals surface area contributed by atoms with Crippen LogP contribution in [0.1, 0.15) is 34.6 Å². The number of benzene rings is 2. The Hall–Kier alpha value is -3.28. The van der Waals surface area contributed by atoms with E-state index in [1.54, 1.807) is 24.3 Å². The van der Waals surface area contributed by atoms with Crippen molar-refractivity contribution >= 4 is 28.6 Å². The van der Waals surface area contributed by atoms with Gasteiger partial charge in [-0.1, -0.05) is 18.2 Å². The van der Waals surface area contributed by atoms with Crippen LogP contribution in [0.25, 0.3) is 11.0 Å². The number of hydrogen-bond donors (Lipinski definition) is 3. The number of furan rings is 1. The van der Waals surface area contributed by atoms with Crippen LogP contribution in [0, 0.1) is 6.92 Å². The molecule has 0 fully saturated rings. The largest absolute Gasteiger partial charge is 0.459 e. The lowest BCUT2D eigenvalue weighted by Crippen LogP contribution is -2.31. The van der Waals surface area contributed by atoms with E-state index < -0.39 is 5.91 Å². The summed E-state index contributed by atoms with van der Waals surface area (Å²) in [6, 6.07) is 13.5. The second-order valence-corrected chi connectivity index (χ2v) is 5.85. The zero-order valence-corrected chi connectivity index (χ0v) is 14.0. The van der Waals surface area contributed by atoms with Gasteiger partial charge >= 0.3 is 6.03 Å². The molecule has 3 aromatic rings. The molecule has 25 heavy (non-hydrogen) atoms. The van der Waals surface area contributed by atoms with Crippen molar-refractivity contribution in [2.45, 2.75) is 19.9 Å². The lowest BCUT2D eigenvalue weighted by Gasteiger charge is -2.13. The number of hydrogen-bond acceptors (Lipinski definition) is 3. The number of amides is 3. The average molecular weight is 337 g/mol. The molecule has 0 saturated heterocycles. The van der Waals surface area contributed by atoms with E-state index in [0.717, 1.165) is 22.3 Å². The van der Waals surface area contributed by atoms with Crippen LogP contribution in [0.5, 0.6) is 0 Å². The molecule has 4 N–H and O–H groups in total. The first kappa shape index (κ1) is 16.6. The van der Waals surface area contributed by atoms with Gasteiger partial charge in [-0.05, 0) is 44.2 Å². The highest BCUT2D eigenvalue weighted by atomic mass is 16.3. The Balaban J connectivity index is 1.69. The second-order valence-electron chi connectivity index (χ2n) is 5.85. The van der Waals surface area contributed by atoms with E-state index in [4.69, 9.17) is 10.2 Å². The Morgan fingerprint density at radius 1 is 1.08 bits per heavy atom. The summed E-state index contributed by atoms with van der Waals surface area (Å²) in [7, 11) is 0. The van der Waals surface area contributed by atoms with Gasteiger partial charge in [-0.15, -0.1) is 0 Å². The van der Waals surface area contributed by atoms with E-state index in [1.807, 2.05) is 38.1 Å². The third-order valence-electron chi connectivity index (χ3n) is 4.05. The van der Waals surface area contributed by atoms with Crippen molar-refractivity contribution in [2.24, 2.45) is 5.73 Å². The van der Waals surface area contributed by atoms with E-state index in [2.05, 4.69) is 10.6 Å². The number of urea groups is 1. The molecule has 2 aromatic carbocycles. The summed E-state index contributed by atoms with van der Waals surface area (Å²) in [5.41, 5.74) is 7.95. The number of primary amides is 1. The van der Waals surface area contributed by atoms with Crippen LogP contribution in [0.2, 0.25) is 0 Å². The molecule has 0 bridgehead atoms. The highest BCUT2D eigenvalue weighted by molar-refractivity contribution is 5.94. The topological polar surface area (TPSA) is 97.4 Å². The van der Waals surface area contributed by atoms with Crippen LogP contribution in [-0.4, -0.2) is 11.9 Å². The van der Waals surface area contributed by atoms with Crippen LogP contribution in [0.3, 0.4) is 0 Å². The van der Waals surface area contributed by atoms with Crippen molar-refractivity contribution < 1.29 is 14.0 Å². The standard InChI is InChI=1S/C19H19N3O3/c1-11-15-5-3-4-6-16(15)25-17(11)12(2)21-19(24)22-14-9-7-13(8-10-14)18(20)23/h3-10,12H,1-2H3,(H2,20,23)(H2,21,22,24)/t12-/m1/s1. The Morgan fingerprint density at radius 2 is 1.76 bits per heavy atom. The van der Waals surface area contributed by atoms with Crippen molar-refractivity contribution in [3.63, 3.8) is 0 Å². The molecule has 1 aromatic heterocycles. The molecule has 3 rings (SSSR count). The van der Waals surface area contributed by atoms with Crippen LogP contribution in [0.4, 0.5) is 10.5 Å². The van der Waals surface area contributed by atoms with E-state index >= 15 is 0 Å². The molecule has 6 heteroatoms. The molecular weight excluding hydrogens is 318 g/mol. The van der Waals surface area contributed by atoms with Crippen molar-refractivity contribution in [3.8, 4) is 0 Å². The van der Waals surface area contributed by atoms with Crippen LogP contribution < -0.4 is 16.4 Å². The lowest BCUT2D eigenvalue weighted by molar-refractivity contribution is 0.100. The fraction of sp³-hybridized carbons (Fsp3) is 0.158. The fourth-order valence-electron chi connectivity index (χ4n) is 2.75. The van der Waals surface area contributed by atoms with Gasteiger partial charge in [0.1, 0.15) is 11.3 Å². The van der Waals surface area contributed by atoms with Gasteiger partial charge in [0, 0.05) is 22.2 Å². The number of aryl methyl sites for hydroxylation is 1. The molecule has 1 heterocycles. The number of fused-ring (bicyclic) bond motifs is 1. The first-order valence-electron chi connectivity index (χ1n) is 7.91. The minimum atomic E-state index is -0.509. The lowest BCUT2D eigenvalue weighted by atomic mass is 10.1. The summed E-state index contributed by atoms with van der Waals surface area (Å²) in [5.74, 6) is 0.213. The van der Waals surface area contributed by atoms with E-state index in [-0.39, 0.29) is 12.1 Å². The highest BCUT2D eigenvalue weighted by Crippen LogP contribution is 2.29. The summed E-state index contributed by atoms with van der Waals surface area (Å²) >= 11 is 0. The minimum Gasteiger partial charge on any atom is -0.459 e. The molecule has 0 aliphatic heterocycles. The number of carbonyl (C=O) groups is 2. The van der Waals surface area contributed by atoms with Crippen molar-refractivity contribution in [3.05, 3.63) is 65.4 Å². The van der Waals surface area contributed by atoms with E-state index in [0.29, 0.717) is 11.3 Å². The monoisotopic (exact) mass is 337 g/mol. The van der Waals surface area contributed by atoms with E-state index in [1.165, 1.54) is 0 Å².